The van der Waals surface area contributed by atoms with Crippen molar-refractivity contribution in [1.29, 1.82) is 10.5 Å². The Bertz CT molecular complexity index is 1760. The van der Waals surface area contributed by atoms with Crippen LogP contribution in [-0.2, 0) is 0 Å². The molecule has 38 heavy (non-hydrogen) atoms. The molecule has 0 saturated heterocycles. The number of benzene rings is 2. The summed E-state index contributed by atoms with van der Waals surface area (Å²) >= 11 is 8.02. The number of allylic oxidation sites excluding steroid dienone is 1. The van der Waals surface area contributed by atoms with Crippen molar-refractivity contribution < 1.29 is 18.9 Å². The molecule has 0 aliphatic carbocycles. The third-order valence-corrected chi connectivity index (χ3v) is 8.34. The van der Waals surface area contributed by atoms with Crippen LogP contribution in [0.1, 0.15) is 17.0 Å². The standard InChI is InChI=1S/C26H20Br2N4O5S/c1-34-18-8-20(36-3)16(27)5-12(18)6-22-25(33)32-24(31)14(10-29)23(15(11-30)26(32)38-22)13-7-17(28)21(37-4)9-19(13)35-2/h5-9,23H,31H2,1-4H3/b22-6+. The van der Waals surface area contributed by atoms with Crippen LogP contribution < -0.4 is 39.4 Å². The van der Waals surface area contributed by atoms with E-state index in [1.165, 1.54) is 33.0 Å². The van der Waals surface area contributed by atoms with Gasteiger partial charge in [-0.2, -0.15) is 10.5 Å². The summed E-state index contributed by atoms with van der Waals surface area (Å²) in [6, 6.07) is 11.1. The Morgan fingerprint density at radius 1 is 0.895 bits per heavy atom. The zero-order chi connectivity index (χ0) is 27.7. The maximum atomic E-state index is 13.5. The first kappa shape index (κ1) is 27.3. The Morgan fingerprint density at radius 3 is 2.00 bits per heavy atom. The number of ether oxygens (including phenoxy) is 4. The maximum absolute atomic E-state index is 13.5. The number of nitrogens with two attached hydrogens (primary N) is 1. The summed E-state index contributed by atoms with van der Waals surface area (Å²) in [4.78, 5) is 13.5. The lowest BCUT2D eigenvalue weighted by molar-refractivity contribution is 0.389. The van der Waals surface area contributed by atoms with Gasteiger partial charge in [-0.15, -0.1) is 11.3 Å². The molecule has 4 rings (SSSR count). The average Bonchev–Trinajstić information content (AvgIpc) is 3.24. The van der Waals surface area contributed by atoms with Crippen LogP contribution in [0.4, 0.5) is 0 Å². The molecule has 1 unspecified atom stereocenters. The number of nitriles is 2. The Morgan fingerprint density at radius 2 is 1.45 bits per heavy atom. The Hall–Kier alpha value is -3.71. The number of fused-ring (bicyclic) bond motifs is 1. The van der Waals surface area contributed by atoms with Crippen LogP contribution in [0, 0.1) is 22.7 Å². The summed E-state index contributed by atoms with van der Waals surface area (Å²) in [6.07, 6.45) is 1.65. The number of aromatic nitrogens is 1. The van der Waals surface area contributed by atoms with Gasteiger partial charge in [-0.3, -0.25) is 9.36 Å². The monoisotopic (exact) mass is 658 g/mol. The molecule has 0 saturated carbocycles. The fourth-order valence-corrected chi connectivity index (χ4v) is 6.37. The van der Waals surface area contributed by atoms with Gasteiger partial charge in [-0.1, -0.05) is 0 Å². The largest absolute Gasteiger partial charge is 0.496 e. The normalized spacial score (nSPS) is 15.0. The van der Waals surface area contributed by atoms with Crippen molar-refractivity contribution in [3.63, 3.8) is 0 Å². The molecule has 0 radical (unpaired) electrons. The van der Waals surface area contributed by atoms with E-state index < -0.39 is 11.5 Å². The second-order valence-corrected chi connectivity index (χ2v) is 10.6. The molecule has 0 amide bonds. The fourth-order valence-electron chi connectivity index (χ4n) is 4.21. The fraction of sp³-hybridized carbons (Fsp3) is 0.192. The molecule has 0 fully saturated rings. The second-order valence-electron chi connectivity index (χ2n) is 7.88. The molecule has 1 atom stereocenters. The van der Waals surface area contributed by atoms with E-state index in [2.05, 4.69) is 44.0 Å². The number of methoxy groups -OCH3 is 4. The molecule has 1 aliphatic heterocycles. The minimum Gasteiger partial charge on any atom is -0.496 e. The van der Waals surface area contributed by atoms with Crippen LogP contribution in [0.3, 0.4) is 0 Å². The highest BCUT2D eigenvalue weighted by Crippen LogP contribution is 2.44. The number of nitrogens with zero attached hydrogens (tertiary/aromatic N) is 3. The van der Waals surface area contributed by atoms with Gasteiger partial charge in [0.2, 0.25) is 0 Å². The Balaban J connectivity index is 2.07. The highest BCUT2D eigenvalue weighted by Gasteiger charge is 2.34. The number of hydrogen-bond donors (Lipinski definition) is 1. The first-order valence-corrected chi connectivity index (χ1v) is 13.3. The highest BCUT2D eigenvalue weighted by atomic mass is 79.9. The molecule has 194 valence electrons. The molecule has 2 N–H and O–H groups in total. The number of rotatable bonds is 6. The molecule has 2 heterocycles. The topological polar surface area (TPSA) is 133 Å². The Labute approximate surface area is 238 Å². The zero-order valence-electron chi connectivity index (χ0n) is 20.6. The zero-order valence-corrected chi connectivity index (χ0v) is 24.6. The van der Waals surface area contributed by atoms with Crippen LogP contribution in [0.2, 0.25) is 0 Å². The van der Waals surface area contributed by atoms with Crippen molar-refractivity contribution in [3.8, 4) is 35.1 Å². The summed E-state index contributed by atoms with van der Waals surface area (Å²) in [5, 5.41) is 20.4. The first-order chi connectivity index (χ1) is 18.2. The molecular formula is C26H20Br2N4O5S. The van der Waals surface area contributed by atoms with Gasteiger partial charge in [0.15, 0.2) is 0 Å². The van der Waals surface area contributed by atoms with Gasteiger partial charge in [-0.25, -0.2) is 0 Å². The predicted molar refractivity (Wildman–Crippen MR) is 151 cm³/mol. The van der Waals surface area contributed by atoms with E-state index in [9.17, 15) is 15.3 Å². The number of halogens is 2. The van der Waals surface area contributed by atoms with Crippen LogP contribution >= 0.6 is 43.2 Å². The summed E-state index contributed by atoms with van der Waals surface area (Å²) in [5.74, 6) is 1.05. The summed E-state index contributed by atoms with van der Waals surface area (Å²) < 4.78 is 24.8. The summed E-state index contributed by atoms with van der Waals surface area (Å²) in [7, 11) is 6.05. The predicted octanol–water partition coefficient (Wildman–Crippen LogP) is 3.42. The van der Waals surface area contributed by atoms with E-state index in [4.69, 9.17) is 24.7 Å². The molecular weight excluding hydrogens is 640 g/mol. The van der Waals surface area contributed by atoms with Crippen LogP contribution in [-0.4, -0.2) is 33.0 Å². The van der Waals surface area contributed by atoms with Crippen molar-refractivity contribution in [2.75, 3.05) is 28.4 Å². The van der Waals surface area contributed by atoms with E-state index >= 15 is 0 Å². The lowest BCUT2D eigenvalue weighted by atomic mass is 9.84. The number of thiazole rings is 1. The van der Waals surface area contributed by atoms with Crippen molar-refractivity contribution in [2.24, 2.45) is 5.73 Å². The minimum absolute atomic E-state index is 0.0516. The van der Waals surface area contributed by atoms with Gasteiger partial charge < -0.3 is 24.7 Å². The summed E-state index contributed by atoms with van der Waals surface area (Å²) in [6.45, 7) is 0. The molecule has 0 bridgehead atoms. The molecule has 3 aromatic rings. The van der Waals surface area contributed by atoms with Crippen molar-refractivity contribution in [1.82, 2.24) is 4.57 Å². The van der Waals surface area contributed by atoms with E-state index in [1.54, 1.807) is 30.3 Å². The van der Waals surface area contributed by atoms with Gasteiger partial charge in [0.1, 0.15) is 33.5 Å². The van der Waals surface area contributed by atoms with E-state index in [0.717, 1.165) is 11.3 Å². The number of hydrogen-bond acceptors (Lipinski definition) is 9. The molecule has 0 spiro atoms. The second kappa shape index (κ2) is 11.0. The lowest BCUT2D eigenvalue weighted by Gasteiger charge is -2.24. The quantitative estimate of drug-likeness (QED) is 0.426. The van der Waals surface area contributed by atoms with E-state index in [1.807, 2.05) is 0 Å². The van der Waals surface area contributed by atoms with E-state index in [0.29, 0.717) is 52.3 Å². The smallest absolute Gasteiger partial charge is 0.274 e. The van der Waals surface area contributed by atoms with Crippen LogP contribution in [0.15, 0.2) is 43.6 Å². The van der Waals surface area contributed by atoms with Gasteiger partial charge in [-0.05, 0) is 50.1 Å². The minimum atomic E-state index is -0.863. The summed E-state index contributed by atoms with van der Waals surface area (Å²) in [5.41, 5.74) is 7.34. The molecule has 12 heteroatoms. The van der Waals surface area contributed by atoms with Crippen molar-refractivity contribution in [3.05, 3.63) is 69.5 Å². The maximum Gasteiger partial charge on any atom is 0.274 e. The molecule has 1 aromatic heterocycles. The van der Waals surface area contributed by atoms with E-state index in [-0.39, 0.29) is 17.0 Å². The third kappa shape index (κ3) is 4.45. The van der Waals surface area contributed by atoms with Crippen LogP contribution in [0.5, 0.6) is 23.0 Å². The molecule has 1 aliphatic rings. The first-order valence-electron chi connectivity index (χ1n) is 10.8. The van der Waals surface area contributed by atoms with Gasteiger partial charge in [0.25, 0.3) is 5.56 Å². The van der Waals surface area contributed by atoms with Crippen molar-refractivity contribution >= 4 is 60.7 Å². The highest BCUT2D eigenvalue weighted by molar-refractivity contribution is 9.10. The van der Waals surface area contributed by atoms with Gasteiger partial charge in [0.05, 0.1) is 71.1 Å². The third-order valence-electron chi connectivity index (χ3n) is 6.00. The molecule has 9 nitrogen and oxygen atoms in total. The van der Waals surface area contributed by atoms with Crippen molar-refractivity contribution in [2.45, 2.75) is 5.92 Å². The SMILES string of the molecule is COc1cc(OC)c(/C=c2/sc3n(c2=O)C(N)=C(C#N)C(c2cc(Br)c(OC)cc2OC)C=3C#N)cc1Br. The lowest BCUT2D eigenvalue weighted by Crippen LogP contribution is -2.38. The average molecular weight is 660 g/mol. The van der Waals surface area contributed by atoms with Crippen LogP contribution in [0.25, 0.3) is 17.5 Å². The Kier molecular flexibility index (Phi) is 7.88. The molecule has 2 aromatic carbocycles. The van der Waals surface area contributed by atoms with Gasteiger partial charge >= 0.3 is 0 Å². The van der Waals surface area contributed by atoms with Gasteiger partial charge in [0, 0.05) is 23.3 Å².